The number of rotatable bonds is 18. The molecule has 3 aromatic heterocycles. The Hall–Kier alpha value is -6.31. The number of fused-ring (bicyclic) bond motifs is 4. The summed E-state index contributed by atoms with van der Waals surface area (Å²) in [7, 11) is -8.72. The molecule has 1 unspecified atom stereocenters. The van der Waals surface area contributed by atoms with Gasteiger partial charge in [-0.1, -0.05) is 37.4 Å². The van der Waals surface area contributed by atoms with Gasteiger partial charge in [0.25, 0.3) is 5.92 Å². The summed E-state index contributed by atoms with van der Waals surface area (Å²) in [6, 6.07) is 3.82. The molecule has 7 rings (SSSR count). The van der Waals surface area contributed by atoms with Gasteiger partial charge in [0.15, 0.2) is 21.3 Å². The third-order valence-electron chi connectivity index (χ3n) is 13.1. The number of aromatic nitrogens is 5. The van der Waals surface area contributed by atoms with Crippen LogP contribution < -0.4 is 15.4 Å². The van der Waals surface area contributed by atoms with Gasteiger partial charge >= 0.3 is 18.3 Å². The van der Waals surface area contributed by atoms with Crippen LogP contribution in [0.1, 0.15) is 99.2 Å². The summed E-state index contributed by atoms with van der Waals surface area (Å²) in [5.74, 6) is -8.23. The molecule has 3 N–H and O–H groups in total. The molecule has 29 heteroatoms. The van der Waals surface area contributed by atoms with E-state index < -0.39 is 167 Å². The lowest BCUT2D eigenvalue weighted by Crippen LogP contribution is -2.37. The van der Waals surface area contributed by atoms with Gasteiger partial charge in [0.05, 0.1) is 40.5 Å². The Bertz CT molecular complexity index is 3500. The summed E-state index contributed by atoms with van der Waals surface area (Å²) in [5.41, 5.74) is -0.116. The number of hydrogen-bond donors (Lipinski definition) is 2. The van der Waals surface area contributed by atoms with Crippen LogP contribution in [0.4, 0.5) is 49.7 Å². The Labute approximate surface area is 445 Å². The number of amides is 2. The minimum atomic E-state index is -5.23. The van der Waals surface area contributed by atoms with Crippen molar-refractivity contribution >= 4 is 66.0 Å². The lowest BCUT2D eigenvalue weighted by molar-refractivity contribution is -0.146. The van der Waals surface area contributed by atoms with Gasteiger partial charge < -0.3 is 15.8 Å². The topological polar surface area (TPSA) is 219 Å². The molecule has 2 amide bonds. The average Bonchev–Trinajstić information content (AvgIpc) is 3.96. The van der Waals surface area contributed by atoms with E-state index in [2.05, 4.69) is 32.3 Å². The first-order valence-electron chi connectivity index (χ1n) is 23.7. The summed E-state index contributed by atoms with van der Waals surface area (Å²) in [6.07, 6.45) is -10.7. The monoisotopic (exact) mass is 1170 g/mol. The first kappa shape index (κ1) is 59.4. The van der Waals surface area contributed by atoms with Gasteiger partial charge in [-0.05, 0) is 93.2 Å². The van der Waals surface area contributed by atoms with Gasteiger partial charge in [0, 0.05) is 41.4 Å². The van der Waals surface area contributed by atoms with E-state index in [1.165, 1.54) is 13.8 Å². The van der Waals surface area contributed by atoms with Crippen molar-refractivity contribution in [2.24, 2.45) is 17.6 Å². The predicted octanol–water partition coefficient (Wildman–Crippen LogP) is 8.28. The molecule has 3 heterocycles. The largest absolute Gasteiger partial charge is 0.465 e. The molecule has 5 aromatic rings. The second-order valence-corrected chi connectivity index (χ2v) is 24.6. The molecule has 0 aliphatic heterocycles. The van der Waals surface area contributed by atoms with Gasteiger partial charge in [0.2, 0.25) is 21.8 Å². The van der Waals surface area contributed by atoms with E-state index in [-0.39, 0.29) is 67.8 Å². The van der Waals surface area contributed by atoms with Crippen LogP contribution in [0.2, 0.25) is 5.02 Å². The number of carbonyl (C=O) groups is 3. The van der Waals surface area contributed by atoms with E-state index >= 15 is 8.78 Å². The number of nitrogens with one attached hydrogen (secondary N) is 1. The molecule has 1 fully saturated rings. The molecule has 78 heavy (non-hydrogen) atoms. The molecule has 422 valence electrons. The molecule has 1 saturated carbocycles. The van der Waals surface area contributed by atoms with Crippen molar-refractivity contribution in [3.63, 3.8) is 0 Å². The lowest BCUT2D eigenvalue weighted by Gasteiger charge is -2.23. The molecule has 2 aliphatic rings. The SMILES string of the molecule is CC(C)[C@H](N)C(=O)OCCCCC(=O)N(c1nn(CC(F)(F)F)c2c(-c3ccc(C#CC(C)(C)S(C)(=O)=O)nc3[C@H](Cc3cc(F)cc(F)c3)NC(=O)Cn3nc(C(F)(F)F)c4c3C(F)(F)C3C[C@H]43)ccc(Cl)c12)S(C)(=O)=O. The number of carbonyl (C=O) groups excluding carboxylic acids is 3. The van der Waals surface area contributed by atoms with Gasteiger partial charge in [-0.2, -0.15) is 49.6 Å². The first-order valence-corrected chi connectivity index (χ1v) is 27.8. The number of sulfone groups is 1. The number of alkyl halides is 8. The van der Waals surface area contributed by atoms with Crippen molar-refractivity contribution in [2.45, 2.75) is 114 Å². The number of hydrogen-bond acceptors (Lipinski definition) is 12. The molecule has 0 spiro atoms. The maximum Gasteiger partial charge on any atom is 0.435 e. The Kier molecular flexibility index (Phi) is 16.3. The third kappa shape index (κ3) is 12.6. The lowest BCUT2D eigenvalue weighted by atomic mass is 9.93. The highest BCUT2D eigenvalue weighted by molar-refractivity contribution is 7.93. The van der Waals surface area contributed by atoms with Crippen molar-refractivity contribution in [1.82, 2.24) is 29.9 Å². The van der Waals surface area contributed by atoms with E-state index in [1.54, 1.807) is 13.8 Å². The molecule has 0 bridgehead atoms. The van der Waals surface area contributed by atoms with E-state index in [1.807, 2.05) is 0 Å². The molecule has 2 aliphatic carbocycles. The van der Waals surface area contributed by atoms with E-state index in [4.69, 9.17) is 22.1 Å². The Morgan fingerprint density at radius 1 is 0.949 bits per heavy atom. The molecular formula is C49H49ClF10N8O8S2. The van der Waals surface area contributed by atoms with Crippen LogP contribution in [0.15, 0.2) is 42.5 Å². The third-order valence-corrected chi connectivity index (χ3v) is 16.4. The Balaban J connectivity index is 1.41. The molecule has 4 atom stereocenters. The molecular weight excluding hydrogens is 1120 g/mol. The van der Waals surface area contributed by atoms with Crippen LogP contribution in [-0.2, 0) is 70.6 Å². The highest BCUT2D eigenvalue weighted by Gasteiger charge is 2.68. The number of benzene rings is 2. The van der Waals surface area contributed by atoms with Gasteiger partial charge in [-0.25, -0.2) is 30.6 Å². The normalized spacial score (nSPS) is 17.0. The first-order chi connectivity index (χ1) is 35.9. The van der Waals surface area contributed by atoms with Gasteiger partial charge in [0.1, 0.15) is 46.9 Å². The summed E-state index contributed by atoms with van der Waals surface area (Å²) >= 11 is 6.69. The van der Waals surface area contributed by atoms with Crippen molar-refractivity contribution in [2.75, 3.05) is 23.4 Å². The summed E-state index contributed by atoms with van der Waals surface area (Å²) in [4.78, 5) is 45.0. The second-order valence-electron chi connectivity index (χ2n) is 19.8. The number of unbranched alkanes of at least 4 members (excludes halogenated alkanes) is 1. The minimum Gasteiger partial charge on any atom is -0.465 e. The van der Waals surface area contributed by atoms with E-state index in [0.717, 1.165) is 42.7 Å². The zero-order valence-corrected chi connectivity index (χ0v) is 44.5. The van der Waals surface area contributed by atoms with Crippen LogP contribution in [0.25, 0.3) is 22.0 Å². The van der Waals surface area contributed by atoms with Crippen LogP contribution in [-0.4, -0.2) is 95.2 Å². The summed E-state index contributed by atoms with van der Waals surface area (Å²) < 4.78 is 204. The molecule has 0 saturated heterocycles. The number of pyridine rings is 1. The second kappa shape index (κ2) is 21.4. The van der Waals surface area contributed by atoms with Gasteiger partial charge in [-0.15, -0.1) is 0 Å². The zero-order valence-electron chi connectivity index (χ0n) is 42.1. The van der Waals surface area contributed by atoms with Gasteiger partial charge in [-0.3, -0.25) is 23.7 Å². The standard InChI is InChI=1S/C49H49ClF10N8O8S2/c1-24(2)39(61)45(71)76-16-8-7-9-36(70)68(78(6,74)75)44-38-33(50)13-12-30(41(38)67(65-44)23-47(53,54)55)29-11-10-28(14-15-46(3,4)77(5,72)73)62-40(29)34(19-25-17-26(51)20-27(52)18-25)63-35(69)22-66-43-37(42(64-66)49(58,59)60)31-21-32(31)48(43,56)57/h10-13,17-18,20,24,31-32,34,39H,7-9,16,19,21-23,61H2,1-6H3,(H,63,69)/t31-,32?,34-,39-/m0/s1. The Morgan fingerprint density at radius 3 is 2.18 bits per heavy atom. The number of nitrogens with zero attached hydrogens (tertiary/aromatic N) is 6. The molecule has 2 aromatic carbocycles. The summed E-state index contributed by atoms with van der Waals surface area (Å²) in [6.45, 7) is 2.29. The van der Waals surface area contributed by atoms with Crippen molar-refractivity contribution in [1.29, 1.82) is 0 Å². The fourth-order valence-electron chi connectivity index (χ4n) is 8.88. The number of nitrogens with two attached hydrogens (primary N) is 1. The number of anilines is 1. The fourth-order valence-corrected chi connectivity index (χ4v) is 10.3. The van der Waals surface area contributed by atoms with E-state index in [0.29, 0.717) is 12.3 Å². The van der Waals surface area contributed by atoms with Crippen LogP contribution in [0, 0.1) is 35.3 Å². The highest BCUT2D eigenvalue weighted by atomic mass is 35.5. The smallest absolute Gasteiger partial charge is 0.435 e. The van der Waals surface area contributed by atoms with Crippen molar-refractivity contribution in [3.8, 4) is 23.0 Å². The summed E-state index contributed by atoms with van der Waals surface area (Å²) in [5, 5.41) is 8.76. The molecule has 0 radical (unpaired) electrons. The van der Waals surface area contributed by atoms with E-state index in [9.17, 15) is 66.3 Å². The highest BCUT2D eigenvalue weighted by Crippen LogP contribution is 2.68. The van der Waals surface area contributed by atoms with Crippen molar-refractivity contribution < 1.29 is 79.9 Å². The predicted molar refractivity (Wildman–Crippen MR) is 263 cm³/mol. The average molecular weight is 1170 g/mol. The number of esters is 1. The van der Waals surface area contributed by atoms with Crippen LogP contribution in [0.5, 0.6) is 0 Å². The minimum absolute atomic E-state index is 0.00207. The maximum atomic E-state index is 15.6. The van der Waals surface area contributed by atoms with Crippen molar-refractivity contribution in [3.05, 3.63) is 93.0 Å². The maximum absolute atomic E-state index is 15.6. The van der Waals surface area contributed by atoms with Crippen LogP contribution >= 0.6 is 11.6 Å². The number of sulfonamides is 1. The number of halogens is 11. The number of ether oxygens (including phenoxy) is 1. The molecule has 16 nitrogen and oxygen atoms in total. The quantitative estimate of drug-likeness (QED) is 0.0367. The Morgan fingerprint density at radius 2 is 1.59 bits per heavy atom. The fraction of sp³-hybridized carbons (Fsp3) is 0.469. The van der Waals surface area contributed by atoms with Crippen LogP contribution in [0.3, 0.4) is 0 Å². The zero-order chi connectivity index (χ0) is 58.0.